The van der Waals surface area contributed by atoms with Crippen molar-refractivity contribution in [3.63, 3.8) is 0 Å². The fourth-order valence-electron chi connectivity index (χ4n) is 3.63. The van der Waals surface area contributed by atoms with E-state index >= 15 is 0 Å². The maximum absolute atomic E-state index is 13.0. The number of imidazole rings is 1. The lowest BCUT2D eigenvalue weighted by Gasteiger charge is -2.18. The minimum Gasteiger partial charge on any atom is -0.351 e. The van der Waals surface area contributed by atoms with Gasteiger partial charge < -0.3 is 9.88 Å². The number of nitrogens with one attached hydrogen (secondary N) is 2. The van der Waals surface area contributed by atoms with Gasteiger partial charge in [0, 0.05) is 26.3 Å². The van der Waals surface area contributed by atoms with Gasteiger partial charge in [-0.05, 0) is 65.4 Å². The summed E-state index contributed by atoms with van der Waals surface area (Å²) in [6, 6.07) is 9.72. The van der Waals surface area contributed by atoms with Crippen molar-refractivity contribution in [1.29, 1.82) is 0 Å². The first-order chi connectivity index (χ1) is 16.3. The molecule has 0 aliphatic carbocycles. The van der Waals surface area contributed by atoms with Gasteiger partial charge in [0.25, 0.3) is 0 Å². The molecule has 0 spiro atoms. The highest BCUT2D eigenvalue weighted by molar-refractivity contribution is 5.81. The van der Waals surface area contributed by atoms with Crippen LogP contribution in [0.25, 0.3) is 0 Å². The van der Waals surface area contributed by atoms with E-state index in [9.17, 15) is 4.79 Å². The molecule has 1 amide bonds. The van der Waals surface area contributed by atoms with Crippen LogP contribution in [0.15, 0.2) is 77.8 Å². The molecule has 1 unspecified atom stereocenters. The third-order valence-electron chi connectivity index (χ3n) is 5.90. The van der Waals surface area contributed by atoms with Crippen molar-refractivity contribution in [1.82, 2.24) is 20.2 Å². The highest BCUT2D eigenvalue weighted by Crippen LogP contribution is 2.13. The monoisotopic (exact) mass is 462 g/mol. The quantitative estimate of drug-likeness (QED) is 0.338. The van der Waals surface area contributed by atoms with Crippen LogP contribution >= 0.6 is 0 Å². The van der Waals surface area contributed by atoms with Crippen molar-refractivity contribution in [2.24, 2.45) is 7.05 Å². The number of nitrogens with zero attached hydrogens (tertiary/aromatic N) is 2. The van der Waals surface area contributed by atoms with Crippen LogP contribution in [0.1, 0.15) is 71.1 Å². The molecule has 0 aliphatic heterocycles. The fourth-order valence-corrected chi connectivity index (χ4v) is 3.63. The Kier molecular flexibility index (Phi) is 12.1. The smallest absolute Gasteiger partial charge is 0.237 e. The fraction of sp³-hybridized carbons (Fsp3) is 0.448. The van der Waals surface area contributed by atoms with E-state index < -0.39 is 0 Å². The molecule has 5 nitrogen and oxygen atoms in total. The second-order valence-corrected chi connectivity index (χ2v) is 9.33. The topological polar surface area (TPSA) is 59.0 Å². The second-order valence-electron chi connectivity index (χ2n) is 9.33. The zero-order valence-corrected chi connectivity index (χ0v) is 21.6. The van der Waals surface area contributed by atoms with Gasteiger partial charge in [-0.1, -0.05) is 65.3 Å². The van der Waals surface area contributed by atoms with E-state index in [1.54, 1.807) is 6.33 Å². The Morgan fingerprint density at radius 2 is 1.65 bits per heavy atom. The molecule has 1 atom stereocenters. The molecule has 2 aromatic rings. The zero-order valence-electron chi connectivity index (χ0n) is 21.6. The van der Waals surface area contributed by atoms with Gasteiger partial charge in [-0.2, -0.15) is 0 Å². The van der Waals surface area contributed by atoms with Gasteiger partial charge in [0.05, 0.1) is 18.1 Å². The van der Waals surface area contributed by atoms with Crippen LogP contribution in [0.4, 0.5) is 0 Å². The first kappa shape index (κ1) is 27.3. The number of amides is 1. The van der Waals surface area contributed by atoms with Crippen LogP contribution in [0.3, 0.4) is 0 Å². The molecule has 2 rings (SSSR count). The van der Waals surface area contributed by atoms with Crippen LogP contribution in [0, 0.1) is 0 Å². The van der Waals surface area contributed by atoms with Gasteiger partial charge in [-0.3, -0.25) is 10.1 Å². The van der Waals surface area contributed by atoms with Crippen LogP contribution in [-0.4, -0.2) is 21.5 Å². The Morgan fingerprint density at radius 1 is 0.971 bits per heavy atom. The van der Waals surface area contributed by atoms with Crippen molar-refractivity contribution in [3.8, 4) is 0 Å². The minimum absolute atomic E-state index is 0.0186. The third-order valence-corrected chi connectivity index (χ3v) is 5.90. The molecule has 0 bridgehead atoms. The molecule has 2 N–H and O–H groups in total. The van der Waals surface area contributed by atoms with Crippen LogP contribution < -0.4 is 10.6 Å². The molecule has 0 saturated carbocycles. The number of allylic oxidation sites excluding steroid dienone is 5. The minimum atomic E-state index is -0.296. The van der Waals surface area contributed by atoms with E-state index in [4.69, 9.17) is 0 Å². The number of hydrogen-bond acceptors (Lipinski definition) is 3. The number of carbonyl (C=O) groups excluding carboxylic acids is 1. The summed E-state index contributed by atoms with van der Waals surface area (Å²) in [6.07, 6.45) is 15.4. The average molecular weight is 463 g/mol. The Bertz CT molecular complexity index is 965. The molecular formula is C29H42N4O. The van der Waals surface area contributed by atoms with Crippen LogP contribution in [-0.2, 0) is 24.9 Å². The molecule has 1 aromatic heterocycles. The third kappa shape index (κ3) is 10.8. The molecule has 1 heterocycles. The summed E-state index contributed by atoms with van der Waals surface area (Å²) >= 11 is 0. The Labute approximate surface area is 206 Å². The Morgan fingerprint density at radius 3 is 2.29 bits per heavy atom. The highest BCUT2D eigenvalue weighted by atomic mass is 16.2. The maximum Gasteiger partial charge on any atom is 0.237 e. The van der Waals surface area contributed by atoms with Gasteiger partial charge in [-0.15, -0.1) is 0 Å². The predicted octanol–water partition coefficient (Wildman–Crippen LogP) is 6.00. The lowest BCUT2D eigenvalue weighted by Crippen LogP contribution is -2.43. The summed E-state index contributed by atoms with van der Waals surface area (Å²) in [4.78, 5) is 17.2. The maximum atomic E-state index is 13.0. The number of rotatable bonds is 14. The first-order valence-corrected chi connectivity index (χ1v) is 12.3. The summed E-state index contributed by atoms with van der Waals surface area (Å²) in [5, 5.41) is 6.51. The van der Waals surface area contributed by atoms with Crippen molar-refractivity contribution >= 4 is 5.91 Å². The van der Waals surface area contributed by atoms with Gasteiger partial charge in [0.15, 0.2) is 0 Å². The number of hydrogen-bond donors (Lipinski definition) is 2. The van der Waals surface area contributed by atoms with Gasteiger partial charge in [0.2, 0.25) is 5.91 Å². The predicted molar refractivity (Wildman–Crippen MR) is 142 cm³/mol. The van der Waals surface area contributed by atoms with Gasteiger partial charge in [-0.25, -0.2) is 4.98 Å². The number of aryl methyl sites for hydroxylation is 1. The normalized spacial score (nSPS) is 13.0. The van der Waals surface area contributed by atoms with Crippen molar-refractivity contribution in [2.45, 2.75) is 78.9 Å². The van der Waals surface area contributed by atoms with Crippen molar-refractivity contribution in [2.75, 3.05) is 0 Å². The lowest BCUT2D eigenvalue weighted by molar-refractivity contribution is -0.123. The molecule has 184 valence electrons. The molecule has 0 fully saturated rings. The molecule has 1 aromatic carbocycles. The molecule has 34 heavy (non-hydrogen) atoms. The van der Waals surface area contributed by atoms with E-state index in [-0.39, 0.29) is 11.9 Å². The van der Waals surface area contributed by atoms with Crippen LogP contribution in [0.2, 0.25) is 0 Å². The van der Waals surface area contributed by atoms with E-state index in [1.807, 2.05) is 48.1 Å². The summed E-state index contributed by atoms with van der Waals surface area (Å²) in [5.74, 6) is 0.0186. The zero-order chi connectivity index (χ0) is 24.8. The van der Waals surface area contributed by atoms with Crippen molar-refractivity contribution < 1.29 is 4.79 Å². The largest absolute Gasteiger partial charge is 0.351 e. The summed E-state index contributed by atoms with van der Waals surface area (Å²) in [5.41, 5.74) is 6.29. The van der Waals surface area contributed by atoms with Crippen LogP contribution in [0.5, 0.6) is 0 Å². The standard InChI is InChI=1S/C29H42N4O/c1-23(2)11-9-12-24(3)13-10-14-25(4)17-18-28(31-21-27-20-30-22-33(27)5)29(34)32-19-26-15-7-6-8-16-26/h6-8,11,13,15-17,20,22,28,31H,9-10,12,14,18-19,21H2,1-5H3,(H,32,34)/b24-13+,25-17+. The summed E-state index contributed by atoms with van der Waals surface area (Å²) in [6.45, 7) is 9.80. The van der Waals surface area contributed by atoms with E-state index in [0.29, 0.717) is 19.5 Å². The molecule has 0 aliphatic rings. The van der Waals surface area contributed by atoms with E-state index in [0.717, 1.165) is 36.9 Å². The number of benzene rings is 1. The van der Waals surface area contributed by atoms with E-state index in [2.05, 4.69) is 61.5 Å². The molecular weight excluding hydrogens is 420 g/mol. The highest BCUT2D eigenvalue weighted by Gasteiger charge is 2.17. The first-order valence-electron chi connectivity index (χ1n) is 12.3. The Balaban J connectivity index is 1.90. The van der Waals surface area contributed by atoms with E-state index in [1.165, 1.54) is 16.7 Å². The molecule has 0 radical (unpaired) electrons. The number of carbonyl (C=O) groups is 1. The molecule has 5 heteroatoms. The second kappa shape index (κ2) is 15.1. The van der Waals surface area contributed by atoms with Crippen molar-refractivity contribution in [3.05, 3.63) is 89.1 Å². The summed E-state index contributed by atoms with van der Waals surface area (Å²) < 4.78 is 1.97. The SMILES string of the molecule is CC(C)=CCC/C(C)=C/CC/C(C)=C/CC(NCc1cncn1C)C(=O)NCc1ccccc1. The average Bonchev–Trinajstić information content (AvgIpc) is 3.22. The lowest BCUT2D eigenvalue weighted by atomic mass is 10.0. The number of aromatic nitrogens is 2. The summed E-state index contributed by atoms with van der Waals surface area (Å²) in [7, 11) is 1.97. The van der Waals surface area contributed by atoms with Gasteiger partial charge >= 0.3 is 0 Å². The Hall–Kier alpha value is -2.92. The van der Waals surface area contributed by atoms with Gasteiger partial charge in [0.1, 0.15) is 0 Å². The molecule has 0 saturated heterocycles.